The molecule has 0 unspecified atom stereocenters. The van der Waals surface area contributed by atoms with Crippen LogP contribution in [0.25, 0.3) is 0 Å². The topological polar surface area (TPSA) is 37.3 Å². The third-order valence-corrected chi connectivity index (χ3v) is 3.26. The number of carboxylic acids is 1. The van der Waals surface area contributed by atoms with Crippen molar-refractivity contribution in [1.29, 1.82) is 0 Å². The highest BCUT2D eigenvalue weighted by molar-refractivity contribution is 5.66. The van der Waals surface area contributed by atoms with E-state index in [1.807, 2.05) is 0 Å². The first-order chi connectivity index (χ1) is 8.17. The molecule has 0 aliphatic carbocycles. The van der Waals surface area contributed by atoms with Crippen molar-refractivity contribution in [3.8, 4) is 0 Å². The van der Waals surface area contributed by atoms with Crippen LogP contribution in [0.15, 0.2) is 24.3 Å². The van der Waals surface area contributed by atoms with E-state index >= 15 is 0 Å². The van der Waals surface area contributed by atoms with Crippen molar-refractivity contribution in [2.24, 2.45) is 0 Å². The molecule has 0 aromatic heterocycles. The Balaban J connectivity index is 2.62. The second-order valence-electron chi connectivity index (χ2n) is 4.51. The molecule has 94 valence electrons. The highest BCUT2D eigenvalue weighted by atomic mass is 16.4. The van der Waals surface area contributed by atoms with Crippen molar-refractivity contribution in [3.05, 3.63) is 35.4 Å². The minimum Gasteiger partial charge on any atom is -0.481 e. The summed E-state index contributed by atoms with van der Waals surface area (Å²) < 4.78 is 0. The van der Waals surface area contributed by atoms with E-state index in [2.05, 4.69) is 38.1 Å². The van der Waals surface area contributed by atoms with E-state index in [4.69, 9.17) is 5.11 Å². The lowest BCUT2D eigenvalue weighted by Crippen LogP contribution is -1.98. The fraction of sp³-hybridized carbons (Fsp3) is 0.533. The molecule has 0 aliphatic heterocycles. The number of benzene rings is 1. The van der Waals surface area contributed by atoms with Crippen LogP contribution in [-0.2, 0) is 11.2 Å². The van der Waals surface area contributed by atoms with Crippen molar-refractivity contribution < 1.29 is 9.90 Å². The number of carboxylic acid groups (broad SMARTS) is 1. The smallest absolute Gasteiger partial charge is 0.303 e. The summed E-state index contributed by atoms with van der Waals surface area (Å²) in [6.07, 6.45) is 4.17. The van der Waals surface area contributed by atoms with E-state index in [1.165, 1.54) is 11.1 Å². The molecule has 0 spiro atoms. The minimum absolute atomic E-state index is 0.259. The molecule has 1 rings (SSSR count). The predicted octanol–water partition coefficient (Wildman–Crippen LogP) is 4.00. The second kappa shape index (κ2) is 7.10. The third-order valence-electron chi connectivity index (χ3n) is 3.26. The standard InChI is InChI=1S/C15H22O2/c1-3-13(4-2)14-9-5-7-12(11-14)8-6-10-15(16)17/h5,7,9,11,13H,3-4,6,8,10H2,1-2H3,(H,16,17). The van der Waals surface area contributed by atoms with Crippen molar-refractivity contribution in [2.75, 3.05) is 0 Å². The average molecular weight is 234 g/mol. The number of aliphatic carboxylic acids is 1. The fourth-order valence-corrected chi connectivity index (χ4v) is 2.21. The van der Waals surface area contributed by atoms with Gasteiger partial charge in [0.25, 0.3) is 0 Å². The van der Waals surface area contributed by atoms with Gasteiger partial charge in [0.2, 0.25) is 0 Å². The molecular weight excluding hydrogens is 212 g/mol. The Labute approximate surface area is 104 Å². The van der Waals surface area contributed by atoms with E-state index in [0.29, 0.717) is 5.92 Å². The summed E-state index contributed by atoms with van der Waals surface area (Å²) in [6.45, 7) is 4.43. The molecular formula is C15H22O2. The maximum absolute atomic E-state index is 10.5. The maximum atomic E-state index is 10.5. The number of rotatable bonds is 7. The predicted molar refractivity (Wildman–Crippen MR) is 70.3 cm³/mol. The largest absolute Gasteiger partial charge is 0.481 e. The Morgan fingerprint density at radius 2 is 2.00 bits per heavy atom. The average Bonchev–Trinajstić information content (AvgIpc) is 2.31. The van der Waals surface area contributed by atoms with Crippen molar-refractivity contribution in [2.45, 2.75) is 51.9 Å². The molecule has 2 heteroatoms. The van der Waals surface area contributed by atoms with Crippen LogP contribution in [0.1, 0.15) is 56.6 Å². The first-order valence-electron chi connectivity index (χ1n) is 6.48. The number of aryl methyl sites for hydroxylation is 1. The molecule has 0 amide bonds. The Morgan fingerprint density at radius 3 is 2.59 bits per heavy atom. The van der Waals surface area contributed by atoms with Crippen molar-refractivity contribution >= 4 is 5.97 Å². The maximum Gasteiger partial charge on any atom is 0.303 e. The van der Waals surface area contributed by atoms with E-state index in [9.17, 15) is 4.79 Å². The second-order valence-corrected chi connectivity index (χ2v) is 4.51. The van der Waals surface area contributed by atoms with Gasteiger partial charge in [-0.1, -0.05) is 38.1 Å². The van der Waals surface area contributed by atoms with E-state index in [-0.39, 0.29) is 6.42 Å². The zero-order valence-corrected chi connectivity index (χ0v) is 10.8. The van der Waals surface area contributed by atoms with E-state index in [0.717, 1.165) is 25.7 Å². The monoisotopic (exact) mass is 234 g/mol. The molecule has 1 N–H and O–H groups in total. The molecule has 0 bridgehead atoms. The summed E-state index contributed by atoms with van der Waals surface area (Å²) >= 11 is 0. The van der Waals surface area contributed by atoms with Gasteiger partial charge in [-0.05, 0) is 42.7 Å². The van der Waals surface area contributed by atoms with Gasteiger partial charge in [-0.2, -0.15) is 0 Å². The molecule has 0 radical (unpaired) electrons. The molecule has 0 atom stereocenters. The summed E-state index contributed by atoms with van der Waals surface area (Å²) in [6, 6.07) is 8.59. The van der Waals surface area contributed by atoms with Gasteiger partial charge in [0, 0.05) is 6.42 Å². The molecule has 0 heterocycles. The van der Waals surface area contributed by atoms with Gasteiger partial charge in [-0.25, -0.2) is 0 Å². The number of carbonyl (C=O) groups is 1. The Hall–Kier alpha value is -1.31. The highest BCUT2D eigenvalue weighted by Crippen LogP contribution is 2.24. The highest BCUT2D eigenvalue weighted by Gasteiger charge is 2.07. The third kappa shape index (κ3) is 4.59. The van der Waals surface area contributed by atoms with Crippen LogP contribution < -0.4 is 0 Å². The van der Waals surface area contributed by atoms with Gasteiger partial charge >= 0.3 is 5.97 Å². The summed E-state index contributed by atoms with van der Waals surface area (Å²) in [5, 5.41) is 8.61. The summed E-state index contributed by atoms with van der Waals surface area (Å²) in [5.74, 6) is -0.0735. The van der Waals surface area contributed by atoms with Crippen LogP contribution in [-0.4, -0.2) is 11.1 Å². The lowest BCUT2D eigenvalue weighted by atomic mass is 9.92. The van der Waals surface area contributed by atoms with Crippen LogP contribution in [0.5, 0.6) is 0 Å². The van der Waals surface area contributed by atoms with E-state index in [1.54, 1.807) is 0 Å². The van der Waals surface area contributed by atoms with Crippen LogP contribution in [0.4, 0.5) is 0 Å². The molecule has 0 fully saturated rings. The van der Waals surface area contributed by atoms with Gasteiger partial charge in [0.15, 0.2) is 0 Å². The van der Waals surface area contributed by atoms with Crippen molar-refractivity contribution in [3.63, 3.8) is 0 Å². The van der Waals surface area contributed by atoms with Gasteiger partial charge in [-0.3, -0.25) is 4.79 Å². The Bertz CT molecular complexity index is 354. The van der Waals surface area contributed by atoms with E-state index < -0.39 is 5.97 Å². The normalized spacial score (nSPS) is 10.8. The molecule has 0 saturated carbocycles. The zero-order chi connectivity index (χ0) is 12.7. The van der Waals surface area contributed by atoms with Crippen LogP contribution >= 0.6 is 0 Å². The molecule has 1 aromatic carbocycles. The molecule has 0 saturated heterocycles. The SMILES string of the molecule is CCC(CC)c1cccc(CCCC(=O)O)c1. The molecule has 0 aliphatic rings. The summed E-state index contributed by atoms with van der Waals surface area (Å²) in [4.78, 5) is 10.5. The Morgan fingerprint density at radius 1 is 1.29 bits per heavy atom. The first kappa shape index (κ1) is 13.8. The number of hydrogen-bond acceptors (Lipinski definition) is 1. The van der Waals surface area contributed by atoms with Gasteiger partial charge in [-0.15, -0.1) is 0 Å². The lowest BCUT2D eigenvalue weighted by Gasteiger charge is -2.13. The van der Waals surface area contributed by atoms with Gasteiger partial charge in [0.1, 0.15) is 0 Å². The molecule has 1 aromatic rings. The molecule has 2 nitrogen and oxygen atoms in total. The van der Waals surface area contributed by atoms with Crippen LogP contribution in [0.3, 0.4) is 0 Å². The summed E-state index contributed by atoms with van der Waals surface area (Å²) in [5.41, 5.74) is 2.65. The zero-order valence-electron chi connectivity index (χ0n) is 10.8. The summed E-state index contributed by atoms with van der Waals surface area (Å²) in [7, 11) is 0. The fourth-order valence-electron chi connectivity index (χ4n) is 2.21. The van der Waals surface area contributed by atoms with Crippen LogP contribution in [0.2, 0.25) is 0 Å². The number of hydrogen-bond donors (Lipinski definition) is 1. The quantitative estimate of drug-likeness (QED) is 0.774. The van der Waals surface area contributed by atoms with Crippen LogP contribution in [0, 0.1) is 0 Å². The van der Waals surface area contributed by atoms with Crippen molar-refractivity contribution in [1.82, 2.24) is 0 Å². The first-order valence-corrected chi connectivity index (χ1v) is 6.48. The van der Waals surface area contributed by atoms with Gasteiger partial charge < -0.3 is 5.11 Å². The Kier molecular flexibility index (Phi) is 5.75. The van der Waals surface area contributed by atoms with Gasteiger partial charge in [0.05, 0.1) is 0 Å². The molecule has 17 heavy (non-hydrogen) atoms. The minimum atomic E-state index is -0.707. The lowest BCUT2D eigenvalue weighted by molar-refractivity contribution is -0.137.